The lowest BCUT2D eigenvalue weighted by Gasteiger charge is -2.26. The van der Waals surface area contributed by atoms with Gasteiger partial charge >= 0.3 is 5.97 Å². The summed E-state index contributed by atoms with van der Waals surface area (Å²) in [6.07, 6.45) is 0. The van der Waals surface area contributed by atoms with E-state index < -0.39 is 12.0 Å². The maximum Gasteiger partial charge on any atom is 0.338 e. The van der Waals surface area contributed by atoms with Crippen LogP contribution in [-0.2, 0) is 14.3 Å². The fourth-order valence-corrected chi connectivity index (χ4v) is 4.37. The molecule has 0 fully saturated rings. The molecule has 0 bridgehead atoms. The van der Waals surface area contributed by atoms with Crippen LogP contribution < -0.4 is 15.4 Å². The van der Waals surface area contributed by atoms with Crippen LogP contribution in [0.5, 0.6) is 5.75 Å². The van der Waals surface area contributed by atoms with Crippen molar-refractivity contribution in [2.45, 2.75) is 19.9 Å². The first-order valence-electron chi connectivity index (χ1n) is 10.1. The summed E-state index contributed by atoms with van der Waals surface area (Å²) < 4.78 is 10.5. The van der Waals surface area contributed by atoms with Crippen LogP contribution in [0.25, 0.3) is 0 Å². The minimum atomic E-state index is -0.726. The quantitative estimate of drug-likeness (QED) is 0.499. The predicted molar refractivity (Wildman–Crippen MR) is 133 cm³/mol. The van der Waals surface area contributed by atoms with Gasteiger partial charge in [0.25, 0.3) is 0 Å². The number of nitrogens with zero attached hydrogens (tertiary/aromatic N) is 1. The van der Waals surface area contributed by atoms with E-state index in [1.165, 1.54) is 18.9 Å². The highest BCUT2D eigenvalue weighted by Gasteiger charge is 2.32. The van der Waals surface area contributed by atoms with Gasteiger partial charge in [-0.05, 0) is 32.0 Å². The SMILES string of the molecule is CCOC(=O)C1=C(C)NC(SCC(=O)Nc2ccccc2OC)=N[C@H]1c1cccc(Cl)c1Cl. The first-order chi connectivity index (χ1) is 15.8. The Kier molecular flexibility index (Phi) is 8.66. The maximum absolute atomic E-state index is 12.7. The largest absolute Gasteiger partial charge is 0.495 e. The molecule has 0 spiro atoms. The average molecular weight is 508 g/mol. The first kappa shape index (κ1) is 25.0. The molecule has 2 aromatic rings. The highest BCUT2D eigenvalue weighted by Crippen LogP contribution is 2.39. The molecule has 0 aromatic heterocycles. The zero-order chi connectivity index (χ0) is 24.0. The van der Waals surface area contributed by atoms with E-state index in [4.69, 9.17) is 32.7 Å². The second-order valence-corrected chi connectivity index (χ2v) is 8.65. The summed E-state index contributed by atoms with van der Waals surface area (Å²) in [4.78, 5) is 29.9. The number of ether oxygens (including phenoxy) is 2. The Balaban J connectivity index is 1.82. The molecule has 0 unspecified atom stereocenters. The number of benzene rings is 2. The molecule has 1 atom stereocenters. The Morgan fingerprint density at radius 2 is 1.94 bits per heavy atom. The number of methoxy groups -OCH3 is 1. The number of para-hydroxylation sites is 2. The molecule has 1 aliphatic heterocycles. The van der Waals surface area contributed by atoms with Crippen molar-refractivity contribution in [1.82, 2.24) is 5.32 Å². The third-order valence-electron chi connectivity index (χ3n) is 4.71. The Morgan fingerprint density at radius 3 is 2.67 bits per heavy atom. The standard InChI is InChI=1S/C23H23Cl2N3O4S/c1-4-32-22(30)19-13(2)26-23(28-21(19)14-8-7-9-15(24)20(14)25)33-12-18(29)27-16-10-5-6-11-17(16)31-3/h5-11,21H,4,12H2,1-3H3,(H,26,28)(H,27,29)/t21-/m0/s1. The minimum Gasteiger partial charge on any atom is -0.495 e. The number of rotatable bonds is 7. The van der Waals surface area contributed by atoms with Crippen LogP contribution in [0.15, 0.2) is 58.7 Å². The zero-order valence-corrected chi connectivity index (χ0v) is 20.6. The number of carbonyl (C=O) groups excluding carboxylic acids is 2. The van der Waals surface area contributed by atoms with Gasteiger partial charge < -0.3 is 20.1 Å². The van der Waals surface area contributed by atoms with Gasteiger partial charge in [0.2, 0.25) is 5.91 Å². The number of thioether (sulfide) groups is 1. The molecule has 0 saturated carbocycles. The molecule has 1 aliphatic rings. The fraction of sp³-hybridized carbons (Fsp3) is 0.261. The number of amides is 1. The zero-order valence-electron chi connectivity index (χ0n) is 18.3. The molecular formula is C23H23Cl2N3O4S. The van der Waals surface area contributed by atoms with Crippen molar-refractivity contribution < 1.29 is 19.1 Å². The van der Waals surface area contributed by atoms with Gasteiger partial charge in [-0.25, -0.2) is 9.79 Å². The summed E-state index contributed by atoms with van der Waals surface area (Å²) in [6, 6.07) is 11.6. The molecule has 1 heterocycles. The molecule has 2 N–H and O–H groups in total. The van der Waals surface area contributed by atoms with Crippen molar-refractivity contribution in [1.29, 1.82) is 0 Å². The van der Waals surface area contributed by atoms with Gasteiger partial charge in [-0.2, -0.15) is 0 Å². The number of esters is 1. The molecular weight excluding hydrogens is 485 g/mol. The Morgan fingerprint density at radius 1 is 1.18 bits per heavy atom. The summed E-state index contributed by atoms with van der Waals surface area (Å²) in [6.45, 7) is 3.71. The highest BCUT2D eigenvalue weighted by molar-refractivity contribution is 8.14. The number of aliphatic imine (C=N–C) groups is 1. The summed E-state index contributed by atoms with van der Waals surface area (Å²) in [7, 11) is 1.54. The van der Waals surface area contributed by atoms with E-state index in [1.807, 2.05) is 12.1 Å². The number of anilines is 1. The van der Waals surface area contributed by atoms with E-state index in [0.29, 0.717) is 43.5 Å². The van der Waals surface area contributed by atoms with E-state index in [0.717, 1.165) is 0 Å². The molecule has 1 amide bonds. The Labute approximate surface area is 206 Å². The smallest absolute Gasteiger partial charge is 0.338 e. The number of nitrogens with one attached hydrogen (secondary N) is 2. The Bertz CT molecular complexity index is 1120. The van der Waals surface area contributed by atoms with Crippen LogP contribution in [0.2, 0.25) is 10.0 Å². The predicted octanol–water partition coefficient (Wildman–Crippen LogP) is 5.21. The van der Waals surface area contributed by atoms with Crippen molar-refractivity contribution >= 4 is 57.7 Å². The van der Waals surface area contributed by atoms with Crippen molar-refractivity contribution in [2.24, 2.45) is 4.99 Å². The van der Waals surface area contributed by atoms with Crippen molar-refractivity contribution in [3.63, 3.8) is 0 Å². The van der Waals surface area contributed by atoms with E-state index in [-0.39, 0.29) is 18.3 Å². The van der Waals surface area contributed by atoms with Crippen molar-refractivity contribution in [2.75, 3.05) is 24.8 Å². The maximum atomic E-state index is 12.7. The van der Waals surface area contributed by atoms with E-state index in [9.17, 15) is 9.59 Å². The number of hydrogen-bond acceptors (Lipinski definition) is 7. The van der Waals surface area contributed by atoms with Crippen LogP contribution in [0.4, 0.5) is 5.69 Å². The molecule has 2 aromatic carbocycles. The van der Waals surface area contributed by atoms with Gasteiger partial charge in [0, 0.05) is 11.3 Å². The van der Waals surface area contributed by atoms with Crippen LogP contribution in [-0.4, -0.2) is 36.5 Å². The molecule has 33 heavy (non-hydrogen) atoms. The highest BCUT2D eigenvalue weighted by atomic mass is 35.5. The topological polar surface area (TPSA) is 89.0 Å². The molecule has 0 aliphatic carbocycles. The van der Waals surface area contributed by atoms with Crippen LogP contribution in [0.1, 0.15) is 25.5 Å². The van der Waals surface area contributed by atoms with Crippen LogP contribution in [0.3, 0.4) is 0 Å². The monoisotopic (exact) mass is 507 g/mol. The molecule has 7 nitrogen and oxygen atoms in total. The third-order valence-corrected chi connectivity index (χ3v) is 6.43. The fourth-order valence-electron chi connectivity index (χ4n) is 3.22. The second kappa shape index (κ2) is 11.4. The van der Waals surface area contributed by atoms with Gasteiger partial charge in [0.05, 0.1) is 40.8 Å². The number of hydrogen-bond donors (Lipinski definition) is 2. The van der Waals surface area contributed by atoms with Gasteiger partial charge in [0.15, 0.2) is 5.17 Å². The van der Waals surface area contributed by atoms with Gasteiger partial charge in [-0.15, -0.1) is 0 Å². The lowest BCUT2D eigenvalue weighted by atomic mass is 9.96. The van der Waals surface area contributed by atoms with E-state index in [1.54, 1.807) is 44.2 Å². The van der Waals surface area contributed by atoms with Crippen LogP contribution in [0, 0.1) is 0 Å². The normalized spacial score (nSPS) is 15.4. The lowest BCUT2D eigenvalue weighted by Crippen LogP contribution is -2.31. The summed E-state index contributed by atoms with van der Waals surface area (Å²) >= 11 is 13.8. The second-order valence-electron chi connectivity index (χ2n) is 6.90. The number of halogens is 2. The molecule has 0 radical (unpaired) electrons. The minimum absolute atomic E-state index is 0.0852. The van der Waals surface area contributed by atoms with Gasteiger partial charge in [-0.3, -0.25) is 4.79 Å². The lowest BCUT2D eigenvalue weighted by molar-refractivity contribution is -0.139. The Hall–Kier alpha value is -2.68. The van der Waals surface area contributed by atoms with E-state index >= 15 is 0 Å². The average Bonchev–Trinajstić information content (AvgIpc) is 2.79. The van der Waals surface area contributed by atoms with Crippen molar-refractivity contribution in [3.05, 3.63) is 69.3 Å². The number of amidine groups is 1. The third kappa shape index (κ3) is 6.01. The van der Waals surface area contributed by atoms with Crippen molar-refractivity contribution in [3.8, 4) is 5.75 Å². The van der Waals surface area contributed by atoms with E-state index in [2.05, 4.69) is 15.6 Å². The number of allylic oxidation sites excluding steroid dienone is 1. The van der Waals surface area contributed by atoms with Crippen LogP contribution >= 0.6 is 35.0 Å². The summed E-state index contributed by atoms with van der Waals surface area (Å²) in [5, 5.41) is 7.05. The number of carbonyl (C=O) groups is 2. The summed E-state index contributed by atoms with van der Waals surface area (Å²) in [5.74, 6) is -0.0750. The summed E-state index contributed by atoms with van der Waals surface area (Å²) in [5.41, 5.74) is 2.05. The first-order valence-corrected chi connectivity index (χ1v) is 11.8. The van der Waals surface area contributed by atoms with Gasteiger partial charge in [-0.1, -0.05) is 59.2 Å². The molecule has 3 rings (SSSR count). The molecule has 0 saturated heterocycles. The molecule has 10 heteroatoms. The molecule has 174 valence electrons. The van der Waals surface area contributed by atoms with Gasteiger partial charge in [0.1, 0.15) is 11.8 Å².